The van der Waals surface area contributed by atoms with Gasteiger partial charge >= 0.3 is 0 Å². The second-order valence-electron chi connectivity index (χ2n) is 8.87. The Hall–Kier alpha value is 0.640. The van der Waals surface area contributed by atoms with E-state index in [2.05, 4.69) is 34.0 Å². The Morgan fingerprint density at radius 3 is 1.24 bits per heavy atom. The summed E-state index contributed by atoms with van der Waals surface area (Å²) >= 11 is 3.76. The average Bonchev–Trinajstić information content (AvgIpc) is 3.33. The van der Waals surface area contributed by atoms with Crippen LogP contribution in [0.2, 0.25) is 0 Å². The summed E-state index contributed by atoms with van der Waals surface area (Å²) < 4.78 is 15.3. The third-order valence-corrected chi connectivity index (χ3v) is 8.72. The highest BCUT2D eigenvalue weighted by atomic mass is 127. The van der Waals surface area contributed by atoms with Gasteiger partial charge in [0.1, 0.15) is 13.1 Å². The zero-order valence-electron chi connectivity index (χ0n) is 21.8. The fourth-order valence-electron chi connectivity index (χ4n) is 4.19. The van der Waals surface area contributed by atoms with Crippen LogP contribution in [0.15, 0.2) is 11.0 Å². The van der Waals surface area contributed by atoms with Crippen LogP contribution in [-0.4, -0.2) is 27.4 Å². The molecule has 0 aromatic carbocycles. The minimum Gasteiger partial charge on any atom is -1.00 e. The lowest BCUT2D eigenvalue weighted by molar-refractivity contribution is -0.698. The van der Waals surface area contributed by atoms with Crippen LogP contribution in [0.4, 0.5) is 0 Å². The van der Waals surface area contributed by atoms with E-state index >= 15 is 0 Å². The fourth-order valence-corrected chi connectivity index (χ4v) is 6.21. The van der Waals surface area contributed by atoms with E-state index < -0.39 is 0 Å². The Morgan fingerprint density at radius 1 is 0.588 bits per heavy atom. The van der Waals surface area contributed by atoms with Crippen molar-refractivity contribution >= 4 is 22.7 Å². The number of rotatable bonds is 19. The van der Waals surface area contributed by atoms with Gasteiger partial charge in [-0.1, -0.05) is 61.2 Å². The number of halogens is 2. The molecule has 0 saturated heterocycles. The smallest absolute Gasteiger partial charge is 0.225 e. The van der Waals surface area contributed by atoms with E-state index in [4.69, 9.17) is 9.47 Å². The second-order valence-corrected chi connectivity index (χ2v) is 10.8. The molecule has 0 unspecified atom stereocenters. The molecule has 0 aliphatic heterocycles. The molecule has 2 aromatic heterocycles. The van der Waals surface area contributed by atoms with E-state index in [1.807, 2.05) is 22.7 Å². The molecule has 34 heavy (non-hydrogen) atoms. The molecule has 2 heterocycles. The standard InChI is InChI=1S/C26H46N2O2S2.2HI/c1-23-25(15-19-29-3)31-21-27(23)17-13-11-9-7-5-6-8-10-12-14-18-28-22-32-26(24(28)2)16-20-30-4;;/h21-22H,5-20H2,1-4H3;2*1H/q+2;;/p-2. The summed E-state index contributed by atoms with van der Waals surface area (Å²) in [7, 11) is 3.56. The van der Waals surface area contributed by atoms with Crippen LogP contribution in [0.5, 0.6) is 0 Å². The van der Waals surface area contributed by atoms with Crippen LogP contribution < -0.4 is 57.1 Å². The Labute approximate surface area is 250 Å². The summed E-state index contributed by atoms with van der Waals surface area (Å²) in [5, 5.41) is 0. The molecule has 0 spiro atoms. The largest absolute Gasteiger partial charge is 1.00 e. The van der Waals surface area contributed by atoms with Gasteiger partial charge in [-0.15, -0.1) is 0 Å². The van der Waals surface area contributed by atoms with Crippen LogP contribution in [0, 0.1) is 13.8 Å². The first-order valence-electron chi connectivity index (χ1n) is 12.6. The van der Waals surface area contributed by atoms with Crippen molar-refractivity contribution in [2.24, 2.45) is 0 Å². The molecule has 0 amide bonds. The number of unbranched alkanes of at least 4 members (excludes halogenated alkanes) is 9. The number of methoxy groups -OCH3 is 2. The molecule has 8 heteroatoms. The lowest BCUT2D eigenvalue weighted by Gasteiger charge is -2.02. The number of hydrogen-bond acceptors (Lipinski definition) is 4. The first kappa shape index (κ1) is 34.6. The van der Waals surface area contributed by atoms with Crippen molar-refractivity contribution < 1.29 is 66.6 Å². The van der Waals surface area contributed by atoms with Gasteiger partial charge in [0.05, 0.1) is 23.0 Å². The van der Waals surface area contributed by atoms with Crippen molar-refractivity contribution in [3.05, 3.63) is 32.2 Å². The van der Waals surface area contributed by atoms with Gasteiger partial charge in [-0.2, -0.15) is 9.13 Å². The van der Waals surface area contributed by atoms with Crippen LogP contribution in [0.25, 0.3) is 0 Å². The topological polar surface area (TPSA) is 26.2 Å². The SMILES string of the molecule is COCCc1sc[n+](CCCCCCCCCCCC[n+]2csc(CCOC)c2C)c1C.[I-].[I-]. The Kier molecular flexibility index (Phi) is 22.1. The quantitative estimate of drug-likeness (QED) is 0.115. The first-order valence-corrected chi connectivity index (χ1v) is 14.3. The van der Waals surface area contributed by atoms with E-state index in [1.165, 1.54) is 98.4 Å². The van der Waals surface area contributed by atoms with Crippen LogP contribution in [-0.2, 0) is 35.4 Å². The fraction of sp³-hybridized carbons (Fsp3) is 0.769. The second kappa shape index (κ2) is 21.7. The van der Waals surface area contributed by atoms with Gasteiger partial charge in [0, 0.05) is 53.8 Å². The molecule has 0 radical (unpaired) electrons. The predicted octanol–water partition coefficient (Wildman–Crippen LogP) is -0.0116. The summed E-state index contributed by atoms with van der Waals surface area (Å²) in [4.78, 5) is 2.95. The molecule has 0 saturated carbocycles. The number of aryl methyl sites for hydroxylation is 2. The van der Waals surface area contributed by atoms with Crippen molar-refractivity contribution in [2.45, 2.75) is 104 Å². The minimum atomic E-state index is 0. The zero-order chi connectivity index (χ0) is 23.0. The van der Waals surface area contributed by atoms with E-state index in [0.29, 0.717) is 0 Å². The van der Waals surface area contributed by atoms with Crippen molar-refractivity contribution in [3.63, 3.8) is 0 Å². The third kappa shape index (κ3) is 13.3. The van der Waals surface area contributed by atoms with E-state index in [9.17, 15) is 0 Å². The summed E-state index contributed by atoms with van der Waals surface area (Å²) in [5.74, 6) is 0. The number of hydrogen-bond donors (Lipinski definition) is 0. The number of ether oxygens (including phenoxy) is 2. The van der Waals surface area contributed by atoms with Gasteiger partial charge in [0.2, 0.25) is 11.0 Å². The Balaban J connectivity index is 0.00000544. The lowest BCUT2D eigenvalue weighted by Crippen LogP contribution is -3.00. The summed E-state index contributed by atoms with van der Waals surface area (Å²) in [6, 6.07) is 0. The third-order valence-electron chi connectivity index (χ3n) is 6.43. The Morgan fingerprint density at radius 2 is 0.912 bits per heavy atom. The predicted molar refractivity (Wildman–Crippen MR) is 136 cm³/mol. The van der Waals surface area contributed by atoms with Gasteiger partial charge in [-0.25, -0.2) is 0 Å². The van der Waals surface area contributed by atoms with Crippen LogP contribution >= 0.6 is 22.7 Å². The molecule has 2 aromatic rings. The maximum absolute atomic E-state index is 5.21. The number of nitrogens with zero attached hydrogens (tertiary/aromatic N) is 2. The number of aromatic nitrogens is 2. The van der Waals surface area contributed by atoms with Crippen molar-refractivity contribution in [1.82, 2.24) is 0 Å². The normalized spacial score (nSPS) is 10.8. The zero-order valence-corrected chi connectivity index (χ0v) is 27.7. The molecule has 0 bridgehead atoms. The highest BCUT2D eigenvalue weighted by Crippen LogP contribution is 2.15. The lowest BCUT2D eigenvalue weighted by atomic mass is 10.1. The Bertz CT molecular complexity index is 691. The molecule has 0 aliphatic rings. The number of thiazole rings is 2. The summed E-state index contributed by atoms with van der Waals surface area (Å²) in [5.41, 5.74) is 7.45. The molecule has 0 aliphatic carbocycles. The average molecular weight is 737 g/mol. The molecule has 0 N–H and O–H groups in total. The van der Waals surface area contributed by atoms with Crippen LogP contribution in [0.1, 0.15) is 85.4 Å². The van der Waals surface area contributed by atoms with Crippen molar-refractivity contribution in [1.29, 1.82) is 0 Å². The van der Waals surface area contributed by atoms with Crippen molar-refractivity contribution in [3.8, 4) is 0 Å². The maximum Gasteiger partial charge on any atom is 0.225 e. The van der Waals surface area contributed by atoms with Crippen LogP contribution in [0.3, 0.4) is 0 Å². The van der Waals surface area contributed by atoms with E-state index in [-0.39, 0.29) is 48.0 Å². The minimum absolute atomic E-state index is 0. The molecular formula is C26H46I2N2O2S2. The van der Waals surface area contributed by atoms with E-state index in [0.717, 1.165) is 26.1 Å². The molecule has 4 nitrogen and oxygen atoms in total. The highest BCUT2D eigenvalue weighted by Gasteiger charge is 2.15. The van der Waals surface area contributed by atoms with Gasteiger partial charge < -0.3 is 57.4 Å². The van der Waals surface area contributed by atoms with E-state index in [1.54, 1.807) is 14.2 Å². The van der Waals surface area contributed by atoms with Crippen molar-refractivity contribution in [2.75, 3.05) is 27.4 Å². The van der Waals surface area contributed by atoms with Gasteiger partial charge in [-0.05, 0) is 12.8 Å². The monoisotopic (exact) mass is 736 g/mol. The van der Waals surface area contributed by atoms with Gasteiger partial charge in [-0.3, -0.25) is 0 Å². The maximum atomic E-state index is 5.21. The van der Waals surface area contributed by atoms with Gasteiger partial charge in [0.25, 0.3) is 0 Å². The first-order chi connectivity index (χ1) is 15.7. The van der Waals surface area contributed by atoms with Gasteiger partial charge in [0.15, 0.2) is 11.4 Å². The molecular weight excluding hydrogens is 690 g/mol. The highest BCUT2D eigenvalue weighted by molar-refractivity contribution is 7.09. The summed E-state index contributed by atoms with van der Waals surface area (Å²) in [6.45, 7) is 8.50. The molecule has 0 fully saturated rings. The summed E-state index contributed by atoms with van der Waals surface area (Å²) in [6.07, 6.45) is 15.8. The molecule has 2 rings (SSSR count). The molecule has 0 atom stereocenters. The molecule has 198 valence electrons.